The van der Waals surface area contributed by atoms with Crippen molar-refractivity contribution in [2.45, 2.75) is 32.6 Å². The molecule has 2 aromatic rings. The van der Waals surface area contributed by atoms with Gasteiger partial charge in [-0.2, -0.15) is 0 Å². The molecule has 1 aliphatic rings. The number of allylic oxidation sites excluding steroid dienone is 1. The van der Waals surface area contributed by atoms with E-state index in [0.717, 1.165) is 12.0 Å². The molecular weight excluding hydrogens is 284 g/mol. The third-order valence-corrected chi connectivity index (χ3v) is 4.27. The number of Topliss-reactive ketones (excluding diaryl/α,β-unsaturated/α-hetero) is 2. The molecule has 2 aromatic carbocycles. The van der Waals surface area contributed by atoms with Crippen LogP contribution in [-0.4, -0.2) is 11.6 Å². The summed E-state index contributed by atoms with van der Waals surface area (Å²) in [6.07, 6.45) is 6.44. The van der Waals surface area contributed by atoms with Gasteiger partial charge in [0.15, 0.2) is 11.6 Å². The lowest BCUT2D eigenvalue weighted by Gasteiger charge is -2.02. The van der Waals surface area contributed by atoms with Crippen molar-refractivity contribution in [1.29, 1.82) is 0 Å². The molecule has 2 heteroatoms. The van der Waals surface area contributed by atoms with Crippen LogP contribution in [-0.2, 0) is 6.42 Å². The van der Waals surface area contributed by atoms with Gasteiger partial charge in [-0.15, -0.1) is 0 Å². The highest BCUT2D eigenvalue weighted by Crippen LogP contribution is 2.27. The number of hydrogen-bond acceptors (Lipinski definition) is 2. The highest BCUT2D eigenvalue weighted by Gasteiger charge is 2.32. The fourth-order valence-electron chi connectivity index (χ4n) is 2.93. The van der Waals surface area contributed by atoms with Gasteiger partial charge < -0.3 is 0 Å². The van der Waals surface area contributed by atoms with Crippen molar-refractivity contribution in [1.82, 2.24) is 0 Å². The van der Waals surface area contributed by atoms with Gasteiger partial charge in [0.2, 0.25) is 0 Å². The van der Waals surface area contributed by atoms with Crippen LogP contribution in [0.15, 0.2) is 54.1 Å². The van der Waals surface area contributed by atoms with Gasteiger partial charge in [-0.3, -0.25) is 9.59 Å². The molecule has 0 spiro atoms. The van der Waals surface area contributed by atoms with E-state index < -0.39 is 0 Å². The molecule has 0 unspecified atom stereocenters. The lowest BCUT2D eigenvalue weighted by molar-refractivity contribution is 0.0990. The van der Waals surface area contributed by atoms with Crippen LogP contribution < -0.4 is 0 Å². The number of carbonyl (C=O) groups excluding carboxylic acids is 2. The number of rotatable bonds is 5. The van der Waals surface area contributed by atoms with E-state index in [0.29, 0.717) is 11.1 Å². The van der Waals surface area contributed by atoms with E-state index in [4.69, 9.17) is 0 Å². The first-order chi connectivity index (χ1) is 11.2. The lowest BCUT2D eigenvalue weighted by Crippen LogP contribution is -2.00. The fourth-order valence-corrected chi connectivity index (χ4v) is 2.93. The van der Waals surface area contributed by atoms with Gasteiger partial charge in [-0.1, -0.05) is 68.3 Å². The van der Waals surface area contributed by atoms with Gasteiger partial charge in [-0.05, 0) is 30.0 Å². The normalized spacial score (nSPS) is 13.3. The minimum atomic E-state index is -0.169. The zero-order valence-electron chi connectivity index (χ0n) is 13.3. The second-order valence-electron chi connectivity index (χ2n) is 5.96. The van der Waals surface area contributed by atoms with Crippen LogP contribution in [0.25, 0.3) is 6.08 Å². The molecule has 0 atom stereocenters. The molecule has 0 aromatic heterocycles. The van der Waals surface area contributed by atoms with Gasteiger partial charge in [-0.25, -0.2) is 0 Å². The molecule has 0 fully saturated rings. The number of aryl methyl sites for hydroxylation is 1. The molecule has 0 heterocycles. The highest BCUT2D eigenvalue weighted by atomic mass is 16.2. The van der Waals surface area contributed by atoms with E-state index in [1.807, 2.05) is 12.1 Å². The predicted octanol–water partition coefficient (Wildman–Crippen LogP) is 4.88. The van der Waals surface area contributed by atoms with E-state index in [1.165, 1.54) is 24.8 Å². The van der Waals surface area contributed by atoms with Crippen molar-refractivity contribution in [3.63, 3.8) is 0 Å². The molecule has 23 heavy (non-hydrogen) atoms. The Morgan fingerprint density at radius 2 is 1.43 bits per heavy atom. The molecule has 0 aliphatic heterocycles. The maximum absolute atomic E-state index is 12.4. The van der Waals surface area contributed by atoms with Gasteiger partial charge in [0.05, 0.1) is 5.57 Å². The first-order valence-corrected chi connectivity index (χ1v) is 8.19. The number of ketones is 2. The van der Waals surface area contributed by atoms with Crippen LogP contribution in [0.5, 0.6) is 0 Å². The fraction of sp³-hybridized carbons (Fsp3) is 0.238. The van der Waals surface area contributed by atoms with Crippen molar-refractivity contribution < 1.29 is 9.59 Å². The Kier molecular flexibility index (Phi) is 4.52. The van der Waals surface area contributed by atoms with Crippen molar-refractivity contribution in [3.8, 4) is 0 Å². The van der Waals surface area contributed by atoms with Crippen molar-refractivity contribution >= 4 is 17.6 Å². The molecule has 0 radical (unpaired) electrons. The average Bonchev–Trinajstić information content (AvgIpc) is 2.82. The van der Waals surface area contributed by atoms with Gasteiger partial charge >= 0.3 is 0 Å². The first kappa shape index (κ1) is 15.4. The Bertz CT molecular complexity index is 730. The minimum absolute atomic E-state index is 0.169. The van der Waals surface area contributed by atoms with Crippen LogP contribution >= 0.6 is 0 Å². The van der Waals surface area contributed by atoms with E-state index in [1.54, 1.807) is 30.3 Å². The van der Waals surface area contributed by atoms with E-state index in [9.17, 15) is 9.59 Å². The number of hydrogen-bond donors (Lipinski definition) is 0. The Morgan fingerprint density at radius 3 is 2.00 bits per heavy atom. The number of carbonyl (C=O) groups is 2. The molecular formula is C21H20O2. The Morgan fingerprint density at radius 1 is 0.826 bits per heavy atom. The Balaban J connectivity index is 1.80. The lowest BCUT2D eigenvalue weighted by atomic mass is 10.0. The summed E-state index contributed by atoms with van der Waals surface area (Å²) in [4.78, 5) is 24.7. The van der Waals surface area contributed by atoms with Crippen LogP contribution in [0.4, 0.5) is 0 Å². The van der Waals surface area contributed by atoms with Crippen LogP contribution in [0.3, 0.4) is 0 Å². The summed E-state index contributed by atoms with van der Waals surface area (Å²) in [6, 6.07) is 15.1. The van der Waals surface area contributed by atoms with Crippen LogP contribution in [0, 0.1) is 0 Å². The quantitative estimate of drug-likeness (QED) is 0.448. The van der Waals surface area contributed by atoms with Crippen LogP contribution in [0.1, 0.15) is 58.0 Å². The summed E-state index contributed by atoms with van der Waals surface area (Å²) >= 11 is 0. The van der Waals surface area contributed by atoms with Crippen molar-refractivity contribution in [2.75, 3.05) is 0 Å². The Labute approximate surface area is 136 Å². The second kappa shape index (κ2) is 6.74. The van der Waals surface area contributed by atoms with E-state index in [-0.39, 0.29) is 17.1 Å². The molecule has 3 rings (SSSR count). The number of benzene rings is 2. The summed E-state index contributed by atoms with van der Waals surface area (Å²) in [5.41, 5.74) is 3.49. The first-order valence-electron chi connectivity index (χ1n) is 8.19. The summed E-state index contributed by atoms with van der Waals surface area (Å²) in [6.45, 7) is 2.20. The van der Waals surface area contributed by atoms with Crippen LogP contribution in [0.2, 0.25) is 0 Å². The standard InChI is InChI=1S/C21H20O2/c1-2-3-4-7-15-10-12-16(13-11-15)14-19-20(22)17-8-5-6-9-18(17)21(19)23/h5-6,8-14H,2-4,7H2,1H3. The highest BCUT2D eigenvalue weighted by molar-refractivity contribution is 6.41. The molecule has 0 amide bonds. The predicted molar refractivity (Wildman–Crippen MR) is 92.8 cm³/mol. The summed E-state index contributed by atoms with van der Waals surface area (Å²) in [5.74, 6) is -0.338. The summed E-state index contributed by atoms with van der Waals surface area (Å²) in [5, 5.41) is 0. The van der Waals surface area contributed by atoms with Gasteiger partial charge in [0.1, 0.15) is 0 Å². The third kappa shape index (κ3) is 3.16. The van der Waals surface area contributed by atoms with Gasteiger partial charge in [0.25, 0.3) is 0 Å². The second-order valence-corrected chi connectivity index (χ2v) is 5.96. The van der Waals surface area contributed by atoms with Gasteiger partial charge in [0, 0.05) is 11.1 Å². The molecule has 0 N–H and O–H groups in total. The smallest absolute Gasteiger partial charge is 0.197 e. The third-order valence-electron chi connectivity index (χ3n) is 4.27. The van der Waals surface area contributed by atoms with E-state index >= 15 is 0 Å². The maximum atomic E-state index is 12.4. The summed E-state index contributed by atoms with van der Waals surface area (Å²) < 4.78 is 0. The molecule has 1 aliphatic carbocycles. The zero-order chi connectivity index (χ0) is 16.2. The molecule has 0 saturated carbocycles. The number of fused-ring (bicyclic) bond motifs is 1. The topological polar surface area (TPSA) is 34.1 Å². The van der Waals surface area contributed by atoms with Crippen molar-refractivity contribution in [3.05, 3.63) is 76.4 Å². The maximum Gasteiger partial charge on any atom is 0.197 e. The summed E-state index contributed by atoms with van der Waals surface area (Å²) in [7, 11) is 0. The van der Waals surface area contributed by atoms with Crippen molar-refractivity contribution in [2.24, 2.45) is 0 Å². The largest absolute Gasteiger partial charge is 0.288 e. The molecule has 116 valence electrons. The SMILES string of the molecule is CCCCCc1ccc(C=C2C(=O)c3ccccc3C2=O)cc1. The average molecular weight is 304 g/mol. The zero-order valence-corrected chi connectivity index (χ0v) is 13.3. The van der Waals surface area contributed by atoms with E-state index in [2.05, 4.69) is 19.1 Å². The molecule has 0 bridgehead atoms. The molecule has 0 saturated heterocycles. The molecule has 2 nitrogen and oxygen atoms in total. The Hall–Kier alpha value is -2.48. The number of unbranched alkanes of at least 4 members (excludes halogenated alkanes) is 2. The monoisotopic (exact) mass is 304 g/mol. The minimum Gasteiger partial charge on any atom is -0.288 e.